The highest BCUT2D eigenvalue weighted by Crippen LogP contribution is 2.15. The van der Waals surface area contributed by atoms with E-state index in [1.807, 2.05) is 43.3 Å². The number of nitrogens with one attached hydrogen (secondary N) is 2. The van der Waals surface area contributed by atoms with Crippen molar-refractivity contribution in [2.45, 2.75) is 13.5 Å². The average Bonchev–Trinajstić information content (AvgIpc) is 2.54. The second-order valence-electron chi connectivity index (χ2n) is 4.92. The third-order valence-corrected chi connectivity index (χ3v) is 3.11. The number of hydrogen-bond acceptors (Lipinski definition) is 5. The summed E-state index contributed by atoms with van der Waals surface area (Å²) in [5.41, 5.74) is 3.03. The molecule has 2 N–H and O–H groups in total. The van der Waals surface area contributed by atoms with Crippen LogP contribution >= 0.6 is 0 Å². The van der Waals surface area contributed by atoms with Gasteiger partial charge in [-0.15, -0.1) is 0 Å². The molecule has 3 rings (SSSR count). The van der Waals surface area contributed by atoms with Gasteiger partial charge >= 0.3 is 0 Å². The molecule has 0 aliphatic heterocycles. The first-order valence-electron chi connectivity index (χ1n) is 7.10. The number of benzene rings is 1. The number of anilines is 3. The molecule has 0 bridgehead atoms. The molecule has 0 atom stereocenters. The lowest BCUT2D eigenvalue weighted by Crippen LogP contribution is -2.05. The largest absolute Gasteiger partial charge is 0.366 e. The molecule has 0 aliphatic rings. The Kier molecular flexibility index (Phi) is 4.25. The summed E-state index contributed by atoms with van der Waals surface area (Å²) in [6, 6.07) is 15.9. The number of aromatic nitrogens is 3. The Morgan fingerprint density at radius 2 is 1.73 bits per heavy atom. The van der Waals surface area contributed by atoms with Crippen LogP contribution in [0.25, 0.3) is 0 Å². The predicted molar refractivity (Wildman–Crippen MR) is 88.1 cm³/mol. The standard InChI is InChI=1S/C17H17N5/c1-13-11-16(19-12-14-5-3-2-4-6-14)22-17(20-13)21-15-7-9-18-10-8-15/h2-11H,12H2,1H3,(H2,18,19,20,21,22). The first-order chi connectivity index (χ1) is 10.8. The van der Waals surface area contributed by atoms with Crippen LogP contribution in [0, 0.1) is 6.92 Å². The van der Waals surface area contributed by atoms with E-state index in [0.29, 0.717) is 5.95 Å². The Bertz CT molecular complexity index is 729. The summed E-state index contributed by atoms with van der Waals surface area (Å²) >= 11 is 0. The van der Waals surface area contributed by atoms with Gasteiger partial charge in [0.15, 0.2) is 0 Å². The van der Waals surface area contributed by atoms with Crippen molar-refractivity contribution >= 4 is 17.5 Å². The van der Waals surface area contributed by atoms with E-state index in [-0.39, 0.29) is 0 Å². The van der Waals surface area contributed by atoms with E-state index in [4.69, 9.17) is 0 Å². The lowest BCUT2D eigenvalue weighted by Gasteiger charge is -2.10. The van der Waals surface area contributed by atoms with E-state index in [2.05, 4.69) is 37.7 Å². The zero-order valence-corrected chi connectivity index (χ0v) is 12.3. The SMILES string of the molecule is Cc1cc(NCc2ccccc2)nc(Nc2ccncc2)n1. The van der Waals surface area contributed by atoms with Gasteiger partial charge in [0.05, 0.1) is 0 Å². The fourth-order valence-electron chi connectivity index (χ4n) is 2.07. The van der Waals surface area contributed by atoms with Gasteiger partial charge in [0.1, 0.15) is 5.82 Å². The molecule has 0 radical (unpaired) electrons. The van der Waals surface area contributed by atoms with Gasteiger partial charge in [0, 0.05) is 36.4 Å². The van der Waals surface area contributed by atoms with E-state index in [9.17, 15) is 0 Å². The van der Waals surface area contributed by atoms with E-state index >= 15 is 0 Å². The molecular weight excluding hydrogens is 274 g/mol. The van der Waals surface area contributed by atoms with Crippen molar-refractivity contribution in [2.75, 3.05) is 10.6 Å². The van der Waals surface area contributed by atoms with E-state index < -0.39 is 0 Å². The van der Waals surface area contributed by atoms with Crippen molar-refractivity contribution in [1.29, 1.82) is 0 Å². The zero-order chi connectivity index (χ0) is 15.2. The monoisotopic (exact) mass is 291 g/mol. The lowest BCUT2D eigenvalue weighted by atomic mass is 10.2. The molecule has 110 valence electrons. The molecule has 5 nitrogen and oxygen atoms in total. The molecule has 0 saturated carbocycles. The average molecular weight is 291 g/mol. The summed E-state index contributed by atoms with van der Waals surface area (Å²) in [4.78, 5) is 12.9. The van der Waals surface area contributed by atoms with Crippen LogP contribution in [-0.4, -0.2) is 15.0 Å². The molecule has 0 aliphatic carbocycles. The molecule has 0 saturated heterocycles. The minimum Gasteiger partial charge on any atom is -0.366 e. The van der Waals surface area contributed by atoms with Gasteiger partial charge in [0.2, 0.25) is 5.95 Å². The smallest absolute Gasteiger partial charge is 0.229 e. The maximum Gasteiger partial charge on any atom is 0.229 e. The van der Waals surface area contributed by atoms with Crippen LogP contribution in [-0.2, 0) is 6.54 Å². The number of nitrogens with zero attached hydrogens (tertiary/aromatic N) is 3. The van der Waals surface area contributed by atoms with Crippen LogP contribution in [0.5, 0.6) is 0 Å². The van der Waals surface area contributed by atoms with E-state index in [0.717, 1.165) is 23.7 Å². The third kappa shape index (κ3) is 3.79. The van der Waals surface area contributed by atoms with Crippen molar-refractivity contribution in [3.8, 4) is 0 Å². The van der Waals surface area contributed by atoms with Crippen LogP contribution in [0.4, 0.5) is 17.5 Å². The molecule has 0 amide bonds. The summed E-state index contributed by atoms with van der Waals surface area (Å²) in [6.45, 7) is 2.68. The van der Waals surface area contributed by atoms with Crippen molar-refractivity contribution in [1.82, 2.24) is 15.0 Å². The Morgan fingerprint density at radius 3 is 2.50 bits per heavy atom. The summed E-state index contributed by atoms with van der Waals surface area (Å²) < 4.78 is 0. The summed E-state index contributed by atoms with van der Waals surface area (Å²) in [5.74, 6) is 1.37. The first-order valence-corrected chi connectivity index (χ1v) is 7.10. The minimum absolute atomic E-state index is 0.571. The van der Waals surface area contributed by atoms with Gasteiger partial charge in [-0.1, -0.05) is 30.3 Å². The third-order valence-electron chi connectivity index (χ3n) is 3.11. The van der Waals surface area contributed by atoms with E-state index in [1.54, 1.807) is 12.4 Å². The van der Waals surface area contributed by atoms with Gasteiger partial charge in [-0.05, 0) is 24.6 Å². The maximum atomic E-state index is 4.49. The molecule has 22 heavy (non-hydrogen) atoms. The lowest BCUT2D eigenvalue weighted by molar-refractivity contribution is 1.06. The number of hydrogen-bond donors (Lipinski definition) is 2. The highest BCUT2D eigenvalue weighted by Gasteiger charge is 2.03. The number of aryl methyl sites for hydroxylation is 1. The van der Waals surface area contributed by atoms with Crippen LogP contribution in [0.3, 0.4) is 0 Å². The van der Waals surface area contributed by atoms with Gasteiger partial charge in [-0.25, -0.2) is 4.98 Å². The Labute approximate surface area is 129 Å². The number of rotatable bonds is 5. The molecule has 5 heteroatoms. The van der Waals surface area contributed by atoms with Crippen LogP contribution in [0.15, 0.2) is 60.9 Å². The molecule has 0 unspecified atom stereocenters. The minimum atomic E-state index is 0.571. The summed E-state index contributed by atoms with van der Waals surface area (Å²) in [7, 11) is 0. The Balaban J connectivity index is 1.72. The molecule has 3 aromatic rings. The fraction of sp³-hybridized carbons (Fsp3) is 0.118. The molecular formula is C17H17N5. The molecule has 0 fully saturated rings. The second-order valence-corrected chi connectivity index (χ2v) is 4.92. The summed E-state index contributed by atoms with van der Waals surface area (Å²) in [6.07, 6.45) is 3.46. The molecule has 2 aromatic heterocycles. The second kappa shape index (κ2) is 6.67. The van der Waals surface area contributed by atoms with Crippen molar-refractivity contribution in [3.63, 3.8) is 0 Å². The predicted octanol–water partition coefficient (Wildman–Crippen LogP) is 3.54. The molecule has 1 aromatic carbocycles. The number of pyridine rings is 1. The summed E-state index contributed by atoms with van der Waals surface area (Å²) in [5, 5.41) is 6.51. The van der Waals surface area contributed by atoms with Crippen LogP contribution < -0.4 is 10.6 Å². The Morgan fingerprint density at radius 1 is 0.955 bits per heavy atom. The van der Waals surface area contributed by atoms with Crippen molar-refractivity contribution < 1.29 is 0 Å². The highest BCUT2D eigenvalue weighted by atomic mass is 15.1. The highest BCUT2D eigenvalue weighted by molar-refractivity contribution is 5.54. The molecule has 2 heterocycles. The van der Waals surface area contributed by atoms with Crippen LogP contribution in [0.2, 0.25) is 0 Å². The van der Waals surface area contributed by atoms with Crippen LogP contribution in [0.1, 0.15) is 11.3 Å². The van der Waals surface area contributed by atoms with Crippen molar-refractivity contribution in [2.24, 2.45) is 0 Å². The first kappa shape index (κ1) is 14.0. The van der Waals surface area contributed by atoms with Gasteiger partial charge in [-0.2, -0.15) is 4.98 Å². The zero-order valence-electron chi connectivity index (χ0n) is 12.3. The van der Waals surface area contributed by atoms with Gasteiger partial charge in [0.25, 0.3) is 0 Å². The quantitative estimate of drug-likeness (QED) is 0.753. The topological polar surface area (TPSA) is 62.7 Å². The maximum absolute atomic E-state index is 4.49. The van der Waals surface area contributed by atoms with Gasteiger partial charge < -0.3 is 10.6 Å². The molecule has 0 spiro atoms. The van der Waals surface area contributed by atoms with E-state index in [1.165, 1.54) is 5.56 Å². The Hall–Kier alpha value is -2.95. The normalized spacial score (nSPS) is 10.2. The van der Waals surface area contributed by atoms with Crippen molar-refractivity contribution in [3.05, 3.63) is 72.2 Å². The fourth-order valence-corrected chi connectivity index (χ4v) is 2.07. The van der Waals surface area contributed by atoms with Gasteiger partial charge in [-0.3, -0.25) is 4.98 Å².